The summed E-state index contributed by atoms with van der Waals surface area (Å²) in [5, 5.41) is 10.6. The van der Waals surface area contributed by atoms with E-state index in [-0.39, 0.29) is 6.54 Å². The highest BCUT2D eigenvalue weighted by molar-refractivity contribution is 5.20. The van der Waals surface area contributed by atoms with Crippen LogP contribution in [-0.4, -0.2) is 19.5 Å². The predicted molar refractivity (Wildman–Crippen MR) is 65.9 cm³/mol. The first-order chi connectivity index (χ1) is 9.08. The Kier molecular flexibility index (Phi) is 3.51. The molecule has 0 saturated carbocycles. The zero-order valence-electron chi connectivity index (χ0n) is 9.78. The van der Waals surface area contributed by atoms with Gasteiger partial charge in [0.1, 0.15) is 0 Å². The van der Waals surface area contributed by atoms with Gasteiger partial charge in [0.2, 0.25) is 0 Å². The van der Waals surface area contributed by atoms with E-state index in [1.165, 1.54) is 0 Å². The Bertz CT molecular complexity index is 705. The summed E-state index contributed by atoms with van der Waals surface area (Å²) in [6.07, 6.45) is 4.71. The molecule has 0 fully saturated rings. The van der Waals surface area contributed by atoms with Gasteiger partial charge in [-0.3, -0.25) is 29.4 Å². The summed E-state index contributed by atoms with van der Waals surface area (Å²) in [4.78, 5) is 38.3. The number of nitro groups is 1. The Balaban J connectivity index is 2.26. The van der Waals surface area contributed by atoms with E-state index in [4.69, 9.17) is 0 Å². The van der Waals surface area contributed by atoms with Crippen molar-refractivity contribution in [3.8, 4) is 0 Å². The van der Waals surface area contributed by atoms with Gasteiger partial charge in [-0.05, 0) is 18.1 Å². The summed E-state index contributed by atoms with van der Waals surface area (Å²) in [7, 11) is 0. The van der Waals surface area contributed by atoms with Crippen LogP contribution in [0, 0.1) is 10.1 Å². The lowest BCUT2D eigenvalue weighted by Crippen LogP contribution is -2.31. The Labute approximate surface area is 106 Å². The van der Waals surface area contributed by atoms with Crippen LogP contribution in [-0.2, 0) is 13.0 Å². The Morgan fingerprint density at radius 1 is 1.42 bits per heavy atom. The minimum Gasteiger partial charge on any atom is -0.293 e. The van der Waals surface area contributed by atoms with Crippen LogP contribution in [0.4, 0.5) is 5.69 Å². The zero-order valence-corrected chi connectivity index (χ0v) is 9.78. The van der Waals surface area contributed by atoms with Crippen molar-refractivity contribution in [2.45, 2.75) is 13.0 Å². The van der Waals surface area contributed by atoms with Crippen molar-refractivity contribution in [2.24, 2.45) is 0 Å². The van der Waals surface area contributed by atoms with E-state index in [2.05, 4.69) is 4.98 Å². The maximum atomic E-state index is 11.5. The average Bonchev–Trinajstić information content (AvgIpc) is 2.38. The molecule has 2 aromatic heterocycles. The summed E-state index contributed by atoms with van der Waals surface area (Å²) in [6.45, 7) is 0.224. The molecule has 2 rings (SSSR count). The second-order valence-electron chi connectivity index (χ2n) is 3.84. The molecular formula is C11H10N4O4. The molecule has 0 spiro atoms. The lowest BCUT2D eigenvalue weighted by Gasteiger charge is -2.04. The van der Waals surface area contributed by atoms with E-state index < -0.39 is 21.9 Å². The molecule has 8 nitrogen and oxygen atoms in total. The molecule has 0 aliphatic rings. The van der Waals surface area contributed by atoms with E-state index in [0.717, 1.165) is 16.3 Å². The van der Waals surface area contributed by atoms with Crippen LogP contribution in [0.1, 0.15) is 5.56 Å². The van der Waals surface area contributed by atoms with Crippen LogP contribution in [0.3, 0.4) is 0 Å². The van der Waals surface area contributed by atoms with Gasteiger partial charge < -0.3 is 0 Å². The van der Waals surface area contributed by atoms with Crippen molar-refractivity contribution in [2.75, 3.05) is 0 Å². The molecule has 0 radical (unpaired) electrons. The van der Waals surface area contributed by atoms with Gasteiger partial charge in [-0.15, -0.1) is 0 Å². The monoisotopic (exact) mass is 262 g/mol. The number of aryl methyl sites for hydroxylation is 2. The Morgan fingerprint density at radius 3 is 2.84 bits per heavy atom. The summed E-state index contributed by atoms with van der Waals surface area (Å²) >= 11 is 0. The van der Waals surface area contributed by atoms with E-state index >= 15 is 0 Å². The van der Waals surface area contributed by atoms with E-state index in [1.54, 1.807) is 18.5 Å². The highest BCUT2D eigenvalue weighted by atomic mass is 16.6. The van der Waals surface area contributed by atoms with Gasteiger partial charge in [-0.25, -0.2) is 4.79 Å². The zero-order chi connectivity index (χ0) is 13.8. The second-order valence-corrected chi connectivity index (χ2v) is 3.84. The van der Waals surface area contributed by atoms with Crippen molar-refractivity contribution in [3.05, 3.63) is 67.2 Å². The van der Waals surface area contributed by atoms with E-state index in [1.807, 2.05) is 11.1 Å². The predicted octanol–water partition coefficient (Wildman–Crippen LogP) is 0.0825. The first-order valence-electron chi connectivity index (χ1n) is 5.45. The van der Waals surface area contributed by atoms with Crippen LogP contribution < -0.4 is 11.2 Å². The third kappa shape index (κ3) is 2.92. The number of nitrogens with one attached hydrogen (secondary N) is 1. The number of pyridine rings is 1. The van der Waals surface area contributed by atoms with Crippen LogP contribution in [0.25, 0.3) is 0 Å². The molecule has 2 aromatic rings. The maximum Gasteiger partial charge on any atom is 0.350 e. The fourth-order valence-corrected chi connectivity index (χ4v) is 1.59. The van der Waals surface area contributed by atoms with Crippen molar-refractivity contribution in [1.82, 2.24) is 14.5 Å². The average molecular weight is 262 g/mol. The Morgan fingerprint density at radius 2 is 2.21 bits per heavy atom. The molecule has 2 heterocycles. The molecule has 0 aliphatic carbocycles. The lowest BCUT2D eigenvalue weighted by atomic mass is 10.2. The number of aromatic nitrogens is 3. The van der Waals surface area contributed by atoms with Crippen molar-refractivity contribution >= 4 is 5.69 Å². The number of rotatable bonds is 4. The molecule has 0 amide bonds. The summed E-state index contributed by atoms with van der Waals surface area (Å²) in [5.41, 5.74) is -1.42. The lowest BCUT2D eigenvalue weighted by molar-refractivity contribution is -0.386. The third-order valence-corrected chi connectivity index (χ3v) is 2.55. The summed E-state index contributed by atoms with van der Waals surface area (Å²) in [6, 6.07) is 3.59. The molecule has 0 bridgehead atoms. The molecule has 98 valence electrons. The number of hydrogen-bond donors (Lipinski definition) is 1. The number of nitrogens with zero attached hydrogens (tertiary/aromatic N) is 3. The first-order valence-corrected chi connectivity index (χ1v) is 5.45. The van der Waals surface area contributed by atoms with E-state index in [9.17, 15) is 19.7 Å². The van der Waals surface area contributed by atoms with Gasteiger partial charge in [0.15, 0.2) is 0 Å². The molecule has 1 N–H and O–H groups in total. The quantitative estimate of drug-likeness (QED) is 0.619. The van der Waals surface area contributed by atoms with Crippen LogP contribution in [0.2, 0.25) is 0 Å². The SMILES string of the molecule is O=c1[nH]c(=O)n(CCc2cccnc2)cc1[N+](=O)[O-]. The van der Waals surface area contributed by atoms with Gasteiger partial charge in [-0.2, -0.15) is 0 Å². The van der Waals surface area contributed by atoms with Crippen molar-refractivity contribution in [1.29, 1.82) is 0 Å². The first kappa shape index (κ1) is 12.7. The highest BCUT2D eigenvalue weighted by Crippen LogP contribution is 2.02. The van der Waals surface area contributed by atoms with Crippen molar-refractivity contribution in [3.63, 3.8) is 0 Å². The molecule has 0 aromatic carbocycles. The summed E-state index contributed by atoms with van der Waals surface area (Å²) < 4.78 is 1.10. The number of hydrogen-bond acceptors (Lipinski definition) is 5. The molecule has 0 unspecified atom stereocenters. The normalized spacial score (nSPS) is 10.3. The summed E-state index contributed by atoms with van der Waals surface area (Å²) in [5.74, 6) is 0. The van der Waals surface area contributed by atoms with Gasteiger partial charge in [0, 0.05) is 18.9 Å². The molecule has 8 heteroatoms. The minimum absolute atomic E-state index is 0.224. The van der Waals surface area contributed by atoms with Gasteiger partial charge in [-0.1, -0.05) is 6.07 Å². The minimum atomic E-state index is -0.993. The smallest absolute Gasteiger partial charge is 0.293 e. The van der Waals surface area contributed by atoms with Crippen LogP contribution in [0.5, 0.6) is 0 Å². The van der Waals surface area contributed by atoms with E-state index in [0.29, 0.717) is 6.42 Å². The number of aromatic amines is 1. The molecule has 0 atom stereocenters. The molecular weight excluding hydrogens is 252 g/mol. The largest absolute Gasteiger partial charge is 0.350 e. The molecule has 0 saturated heterocycles. The molecule has 19 heavy (non-hydrogen) atoms. The highest BCUT2D eigenvalue weighted by Gasteiger charge is 2.14. The number of H-pyrrole nitrogens is 1. The fraction of sp³-hybridized carbons (Fsp3) is 0.182. The second kappa shape index (κ2) is 5.25. The topological polar surface area (TPSA) is 111 Å². The maximum absolute atomic E-state index is 11.5. The Hall–Kier alpha value is -2.77. The fourth-order valence-electron chi connectivity index (χ4n) is 1.59. The van der Waals surface area contributed by atoms with Gasteiger partial charge in [0.25, 0.3) is 0 Å². The van der Waals surface area contributed by atoms with Gasteiger partial charge in [0.05, 0.1) is 11.1 Å². The standard InChI is InChI=1S/C11H10N4O4/c16-10-9(15(18)19)7-14(11(17)13-10)5-3-8-2-1-4-12-6-8/h1-2,4,6-7H,3,5H2,(H,13,16,17). The molecule has 0 aliphatic heterocycles. The third-order valence-electron chi connectivity index (χ3n) is 2.55. The van der Waals surface area contributed by atoms with Crippen molar-refractivity contribution < 1.29 is 4.92 Å². The van der Waals surface area contributed by atoms with Gasteiger partial charge >= 0.3 is 16.9 Å². The van der Waals surface area contributed by atoms with Crippen LogP contribution >= 0.6 is 0 Å². The van der Waals surface area contributed by atoms with Crippen LogP contribution in [0.15, 0.2) is 40.3 Å².